The van der Waals surface area contributed by atoms with Gasteiger partial charge in [0.2, 0.25) is 5.91 Å². The summed E-state index contributed by atoms with van der Waals surface area (Å²) in [6, 6.07) is 8.98. The largest absolute Gasteiger partial charge is 0.355 e. The topological polar surface area (TPSA) is 71.0 Å². The molecule has 138 valence electrons. The molecule has 0 bridgehead atoms. The van der Waals surface area contributed by atoms with E-state index in [0.717, 1.165) is 36.1 Å². The maximum absolute atomic E-state index is 12.7. The molecule has 1 unspecified atom stereocenters. The molecule has 0 saturated carbocycles. The van der Waals surface area contributed by atoms with Crippen molar-refractivity contribution in [3.05, 3.63) is 52.9 Å². The molecule has 0 aliphatic carbocycles. The molecule has 8 heteroatoms. The Morgan fingerprint density at radius 2 is 1.96 bits per heavy atom. The molecular formula is C19H17Cl2N5O. The summed E-state index contributed by atoms with van der Waals surface area (Å²) in [5.74, 6) is 1.15. The fourth-order valence-electron chi connectivity index (χ4n) is 3.33. The smallest absolute Gasteiger partial charge is 0.230 e. The van der Waals surface area contributed by atoms with Crippen molar-refractivity contribution in [2.75, 3.05) is 23.3 Å². The zero-order chi connectivity index (χ0) is 18.8. The van der Waals surface area contributed by atoms with Gasteiger partial charge in [0, 0.05) is 29.7 Å². The molecule has 1 fully saturated rings. The number of fused-ring (bicyclic) bond motifs is 1. The number of anilines is 2. The van der Waals surface area contributed by atoms with Crippen molar-refractivity contribution >= 4 is 51.6 Å². The quantitative estimate of drug-likeness (QED) is 0.712. The predicted octanol–water partition coefficient (Wildman–Crippen LogP) is 4.19. The molecule has 0 spiro atoms. The SMILES string of the molecule is O=C(Nc1ccc(Cl)cn1)C1CCCN(c2ncnc3cc(Cl)ccc23)C1. The van der Waals surface area contributed by atoms with Crippen molar-refractivity contribution in [3.8, 4) is 0 Å². The van der Waals surface area contributed by atoms with Gasteiger partial charge in [-0.15, -0.1) is 0 Å². The van der Waals surface area contributed by atoms with Gasteiger partial charge in [-0.2, -0.15) is 0 Å². The van der Waals surface area contributed by atoms with Crippen LogP contribution in [0.2, 0.25) is 10.0 Å². The van der Waals surface area contributed by atoms with E-state index in [0.29, 0.717) is 22.4 Å². The van der Waals surface area contributed by atoms with Crippen molar-refractivity contribution < 1.29 is 4.79 Å². The Morgan fingerprint density at radius 1 is 1.11 bits per heavy atom. The van der Waals surface area contributed by atoms with Crippen LogP contribution in [0.25, 0.3) is 10.9 Å². The molecule has 1 aliphatic rings. The number of hydrogen-bond donors (Lipinski definition) is 1. The molecular weight excluding hydrogens is 385 g/mol. The van der Waals surface area contributed by atoms with Gasteiger partial charge in [-0.3, -0.25) is 4.79 Å². The second-order valence-corrected chi connectivity index (χ2v) is 7.37. The maximum atomic E-state index is 12.7. The Hall–Kier alpha value is -2.44. The molecule has 1 amide bonds. The van der Waals surface area contributed by atoms with E-state index < -0.39 is 0 Å². The second kappa shape index (κ2) is 7.66. The average molecular weight is 402 g/mol. The van der Waals surface area contributed by atoms with Crippen molar-refractivity contribution in [1.82, 2.24) is 15.0 Å². The molecule has 3 heterocycles. The molecule has 3 aromatic rings. The van der Waals surface area contributed by atoms with E-state index in [-0.39, 0.29) is 11.8 Å². The third kappa shape index (κ3) is 3.96. The summed E-state index contributed by atoms with van der Waals surface area (Å²) in [5, 5.41) is 4.97. The summed E-state index contributed by atoms with van der Waals surface area (Å²) in [4.78, 5) is 27.7. The fourth-order valence-corrected chi connectivity index (χ4v) is 3.61. The Morgan fingerprint density at radius 3 is 2.78 bits per heavy atom. The molecule has 27 heavy (non-hydrogen) atoms. The van der Waals surface area contributed by atoms with Gasteiger partial charge in [-0.05, 0) is 43.2 Å². The number of hydrogen-bond acceptors (Lipinski definition) is 5. The van der Waals surface area contributed by atoms with Crippen LogP contribution in [0.1, 0.15) is 12.8 Å². The summed E-state index contributed by atoms with van der Waals surface area (Å²) in [7, 11) is 0. The van der Waals surface area contributed by atoms with E-state index in [4.69, 9.17) is 23.2 Å². The Bertz CT molecular complexity index is 980. The predicted molar refractivity (Wildman–Crippen MR) is 107 cm³/mol. The van der Waals surface area contributed by atoms with Gasteiger partial charge in [0.25, 0.3) is 0 Å². The van der Waals surface area contributed by atoms with Crippen LogP contribution in [0.4, 0.5) is 11.6 Å². The number of nitrogens with zero attached hydrogens (tertiary/aromatic N) is 4. The first-order chi connectivity index (χ1) is 13.1. The first kappa shape index (κ1) is 17.9. The second-order valence-electron chi connectivity index (χ2n) is 6.49. The zero-order valence-electron chi connectivity index (χ0n) is 14.4. The normalized spacial score (nSPS) is 17.1. The molecule has 4 rings (SSSR count). The Balaban J connectivity index is 1.53. The summed E-state index contributed by atoms with van der Waals surface area (Å²) in [6.07, 6.45) is 4.79. The zero-order valence-corrected chi connectivity index (χ0v) is 15.9. The van der Waals surface area contributed by atoms with Crippen LogP contribution in [-0.4, -0.2) is 33.9 Å². The minimum Gasteiger partial charge on any atom is -0.355 e. The van der Waals surface area contributed by atoms with E-state index in [9.17, 15) is 4.79 Å². The number of piperidine rings is 1. The van der Waals surface area contributed by atoms with Crippen molar-refractivity contribution in [2.24, 2.45) is 5.92 Å². The molecule has 1 atom stereocenters. The third-order valence-electron chi connectivity index (χ3n) is 4.65. The minimum absolute atomic E-state index is 0.0454. The highest BCUT2D eigenvalue weighted by Crippen LogP contribution is 2.29. The number of rotatable bonds is 3. The molecule has 6 nitrogen and oxygen atoms in total. The molecule has 2 aromatic heterocycles. The highest BCUT2D eigenvalue weighted by Gasteiger charge is 2.27. The summed E-state index contributed by atoms with van der Waals surface area (Å²) in [6.45, 7) is 1.44. The van der Waals surface area contributed by atoms with Crippen molar-refractivity contribution in [2.45, 2.75) is 12.8 Å². The van der Waals surface area contributed by atoms with Crippen LogP contribution in [0.5, 0.6) is 0 Å². The fraction of sp³-hybridized carbons (Fsp3) is 0.263. The summed E-state index contributed by atoms with van der Waals surface area (Å²) in [5.41, 5.74) is 0.796. The molecule has 1 aliphatic heterocycles. The van der Waals surface area contributed by atoms with Gasteiger partial charge in [0.15, 0.2) is 0 Å². The standard InChI is InChI=1S/C19H17Cl2N5O/c20-13-3-5-15-16(8-13)23-11-24-18(15)26-7-1-2-12(10-26)19(27)25-17-6-4-14(21)9-22-17/h3-6,8-9,11-12H,1-2,7,10H2,(H,22,25,27). The number of carbonyl (C=O) groups excluding carboxylic acids is 1. The van der Waals surface area contributed by atoms with Crippen LogP contribution in [0.15, 0.2) is 42.9 Å². The van der Waals surface area contributed by atoms with Gasteiger partial charge >= 0.3 is 0 Å². The lowest BCUT2D eigenvalue weighted by atomic mass is 9.97. The lowest BCUT2D eigenvalue weighted by Gasteiger charge is -2.33. The Kier molecular flexibility index (Phi) is 5.09. The number of carbonyl (C=O) groups is 1. The van der Waals surface area contributed by atoms with E-state index in [1.807, 2.05) is 18.2 Å². The highest BCUT2D eigenvalue weighted by atomic mass is 35.5. The molecule has 1 aromatic carbocycles. The van der Waals surface area contributed by atoms with E-state index in [2.05, 4.69) is 25.2 Å². The molecule has 1 saturated heterocycles. The molecule has 1 N–H and O–H groups in total. The van der Waals surface area contributed by atoms with Gasteiger partial charge in [-0.25, -0.2) is 15.0 Å². The van der Waals surface area contributed by atoms with E-state index in [1.54, 1.807) is 12.1 Å². The van der Waals surface area contributed by atoms with Gasteiger partial charge in [0.05, 0.1) is 16.5 Å². The number of amides is 1. The van der Waals surface area contributed by atoms with Gasteiger partial charge < -0.3 is 10.2 Å². The number of pyridine rings is 1. The van der Waals surface area contributed by atoms with Crippen LogP contribution >= 0.6 is 23.2 Å². The highest BCUT2D eigenvalue weighted by molar-refractivity contribution is 6.31. The van der Waals surface area contributed by atoms with Crippen LogP contribution in [0, 0.1) is 5.92 Å². The van der Waals surface area contributed by atoms with Crippen LogP contribution < -0.4 is 10.2 Å². The lowest BCUT2D eigenvalue weighted by Crippen LogP contribution is -2.41. The van der Waals surface area contributed by atoms with Crippen molar-refractivity contribution in [1.29, 1.82) is 0 Å². The lowest BCUT2D eigenvalue weighted by molar-refractivity contribution is -0.120. The first-order valence-electron chi connectivity index (χ1n) is 8.68. The minimum atomic E-state index is -0.145. The third-order valence-corrected chi connectivity index (χ3v) is 5.11. The average Bonchev–Trinajstić information content (AvgIpc) is 2.69. The number of aromatic nitrogens is 3. The number of benzene rings is 1. The van der Waals surface area contributed by atoms with Crippen LogP contribution in [-0.2, 0) is 4.79 Å². The first-order valence-corrected chi connectivity index (χ1v) is 9.43. The Labute approximate surface area is 166 Å². The summed E-state index contributed by atoms with van der Waals surface area (Å²) < 4.78 is 0. The number of halogens is 2. The van der Waals surface area contributed by atoms with Gasteiger partial charge in [-0.1, -0.05) is 23.2 Å². The maximum Gasteiger partial charge on any atom is 0.230 e. The number of nitrogens with one attached hydrogen (secondary N) is 1. The van der Waals surface area contributed by atoms with E-state index in [1.165, 1.54) is 12.5 Å². The van der Waals surface area contributed by atoms with Crippen LogP contribution in [0.3, 0.4) is 0 Å². The monoisotopic (exact) mass is 401 g/mol. The molecule has 0 radical (unpaired) electrons. The summed E-state index contributed by atoms with van der Waals surface area (Å²) >= 11 is 11.9. The van der Waals surface area contributed by atoms with E-state index >= 15 is 0 Å². The van der Waals surface area contributed by atoms with Crippen molar-refractivity contribution in [3.63, 3.8) is 0 Å². The van der Waals surface area contributed by atoms with Gasteiger partial charge in [0.1, 0.15) is 18.0 Å².